The standard InChI is InChI=1S/C15H18FN3OS/c1-17-13-7-3-6-12(13)15-18-14(19-20-15)9-21-11-5-2-4-10(16)8-11/h2,4-5,8,12-13,17H,3,6-7,9H2,1H3. The molecule has 4 nitrogen and oxygen atoms in total. The minimum atomic E-state index is -0.225. The fraction of sp³-hybridized carbons (Fsp3) is 0.467. The molecule has 3 rings (SSSR count). The summed E-state index contributed by atoms with van der Waals surface area (Å²) in [5.74, 6) is 2.07. The fourth-order valence-electron chi connectivity index (χ4n) is 2.78. The van der Waals surface area contributed by atoms with E-state index in [9.17, 15) is 4.39 Å². The van der Waals surface area contributed by atoms with Crippen LogP contribution in [0.1, 0.15) is 36.9 Å². The van der Waals surface area contributed by atoms with Gasteiger partial charge in [-0.15, -0.1) is 11.8 Å². The minimum absolute atomic E-state index is 0.225. The maximum Gasteiger partial charge on any atom is 0.231 e. The molecule has 0 radical (unpaired) electrons. The highest BCUT2D eigenvalue weighted by Crippen LogP contribution is 2.33. The molecule has 2 unspecified atom stereocenters. The van der Waals surface area contributed by atoms with Crippen LogP contribution in [0.15, 0.2) is 33.7 Å². The fourth-order valence-corrected chi connectivity index (χ4v) is 3.57. The molecule has 6 heteroatoms. The molecule has 0 saturated heterocycles. The van der Waals surface area contributed by atoms with Gasteiger partial charge in [-0.25, -0.2) is 4.39 Å². The highest BCUT2D eigenvalue weighted by atomic mass is 32.2. The summed E-state index contributed by atoms with van der Waals surface area (Å²) in [5, 5.41) is 7.35. The van der Waals surface area contributed by atoms with E-state index in [4.69, 9.17) is 4.52 Å². The van der Waals surface area contributed by atoms with Gasteiger partial charge in [0, 0.05) is 10.9 Å². The van der Waals surface area contributed by atoms with Crippen LogP contribution < -0.4 is 5.32 Å². The number of benzene rings is 1. The van der Waals surface area contributed by atoms with Gasteiger partial charge in [0.25, 0.3) is 0 Å². The SMILES string of the molecule is CNC1CCCC1c1nc(CSc2cccc(F)c2)no1. The van der Waals surface area contributed by atoms with Crippen molar-refractivity contribution in [3.63, 3.8) is 0 Å². The quantitative estimate of drug-likeness (QED) is 0.858. The van der Waals surface area contributed by atoms with Crippen molar-refractivity contribution in [3.8, 4) is 0 Å². The van der Waals surface area contributed by atoms with Gasteiger partial charge in [0.15, 0.2) is 5.82 Å². The molecule has 0 aliphatic heterocycles. The van der Waals surface area contributed by atoms with Gasteiger partial charge in [-0.05, 0) is 38.1 Å². The first-order valence-electron chi connectivity index (χ1n) is 7.14. The molecule has 0 amide bonds. The van der Waals surface area contributed by atoms with Gasteiger partial charge in [0.2, 0.25) is 5.89 Å². The summed E-state index contributed by atoms with van der Waals surface area (Å²) >= 11 is 1.51. The molecular formula is C15H18FN3OS. The van der Waals surface area contributed by atoms with Crippen LogP contribution in [-0.2, 0) is 5.75 Å². The smallest absolute Gasteiger partial charge is 0.231 e. The number of hydrogen-bond acceptors (Lipinski definition) is 5. The first kappa shape index (κ1) is 14.5. The topological polar surface area (TPSA) is 51.0 Å². The molecule has 1 aromatic heterocycles. The number of nitrogens with zero attached hydrogens (tertiary/aromatic N) is 2. The normalized spacial score (nSPS) is 21.8. The van der Waals surface area contributed by atoms with Crippen LogP contribution in [0.5, 0.6) is 0 Å². The van der Waals surface area contributed by atoms with Crippen molar-refractivity contribution in [2.24, 2.45) is 0 Å². The molecule has 1 N–H and O–H groups in total. The summed E-state index contributed by atoms with van der Waals surface area (Å²) < 4.78 is 18.5. The molecule has 1 aromatic carbocycles. The Balaban J connectivity index is 1.63. The zero-order valence-electron chi connectivity index (χ0n) is 11.9. The van der Waals surface area contributed by atoms with Gasteiger partial charge < -0.3 is 9.84 Å². The minimum Gasteiger partial charge on any atom is -0.339 e. The Morgan fingerprint density at radius 1 is 1.43 bits per heavy atom. The molecule has 0 spiro atoms. The summed E-state index contributed by atoms with van der Waals surface area (Å²) in [6, 6.07) is 6.96. The predicted molar refractivity (Wildman–Crippen MR) is 79.7 cm³/mol. The molecule has 1 heterocycles. The van der Waals surface area contributed by atoms with Crippen LogP contribution in [0.4, 0.5) is 4.39 Å². The molecule has 1 aliphatic carbocycles. The van der Waals surface area contributed by atoms with Crippen LogP contribution >= 0.6 is 11.8 Å². The summed E-state index contributed by atoms with van der Waals surface area (Å²) in [7, 11) is 1.97. The van der Waals surface area contributed by atoms with E-state index in [1.165, 1.54) is 30.3 Å². The Labute approximate surface area is 127 Å². The van der Waals surface area contributed by atoms with Crippen LogP contribution in [0.2, 0.25) is 0 Å². The van der Waals surface area contributed by atoms with Crippen molar-refractivity contribution >= 4 is 11.8 Å². The molecule has 1 saturated carbocycles. The average molecular weight is 307 g/mol. The van der Waals surface area contributed by atoms with Crippen molar-refractivity contribution < 1.29 is 8.91 Å². The monoisotopic (exact) mass is 307 g/mol. The van der Waals surface area contributed by atoms with Crippen molar-refractivity contribution in [2.75, 3.05) is 7.05 Å². The summed E-state index contributed by atoms with van der Waals surface area (Å²) in [4.78, 5) is 5.37. The first-order chi connectivity index (χ1) is 10.3. The lowest BCUT2D eigenvalue weighted by molar-refractivity contribution is 0.333. The third-order valence-corrected chi connectivity index (χ3v) is 4.84. The maximum atomic E-state index is 13.1. The van der Waals surface area contributed by atoms with Crippen LogP contribution in [0, 0.1) is 5.82 Å². The lowest BCUT2D eigenvalue weighted by atomic mass is 10.0. The molecule has 2 aromatic rings. The van der Waals surface area contributed by atoms with Crippen molar-refractivity contribution in [1.29, 1.82) is 0 Å². The average Bonchev–Trinajstić information content (AvgIpc) is 3.13. The predicted octanol–water partition coefficient (Wildman–Crippen LogP) is 3.36. The Kier molecular flexibility index (Phi) is 4.55. The Morgan fingerprint density at radius 2 is 2.33 bits per heavy atom. The number of aromatic nitrogens is 2. The largest absolute Gasteiger partial charge is 0.339 e. The van der Waals surface area contributed by atoms with Gasteiger partial charge in [0.05, 0.1) is 11.7 Å². The zero-order chi connectivity index (χ0) is 14.7. The third kappa shape index (κ3) is 3.44. The van der Waals surface area contributed by atoms with E-state index in [0.717, 1.165) is 23.6 Å². The summed E-state index contributed by atoms with van der Waals surface area (Å²) in [6.07, 6.45) is 3.42. The van der Waals surface area contributed by atoms with E-state index in [1.807, 2.05) is 13.1 Å². The second kappa shape index (κ2) is 6.58. The summed E-state index contributed by atoms with van der Waals surface area (Å²) in [6.45, 7) is 0. The van der Waals surface area contributed by atoms with E-state index < -0.39 is 0 Å². The maximum absolute atomic E-state index is 13.1. The van der Waals surface area contributed by atoms with Gasteiger partial charge >= 0.3 is 0 Å². The van der Waals surface area contributed by atoms with E-state index in [-0.39, 0.29) is 5.82 Å². The first-order valence-corrected chi connectivity index (χ1v) is 8.13. The second-order valence-electron chi connectivity index (χ2n) is 5.23. The van der Waals surface area contributed by atoms with Gasteiger partial charge in [-0.3, -0.25) is 0 Å². The van der Waals surface area contributed by atoms with Gasteiger partial charge in [-0.1, -0.05) is 17.6 Å². The van der Waals surface area contributed by atoms with E-state index in [0.29, 0.717) is 23.5 Å². The van der Waals surface area contributed by atoms with Crippen LogP contribution in [0.25, 0.3) is 0 Å². The number of halogens is 1. The molecule has 112 valence electrons. The number of thioether (sulfide) groups is 1. The molecule has 1 fully saturated rings. The van der Waals surface area contributed by atoms with Crippen LogP contribution in [0.3, 0.4) is 0 Å². The number of hydrogen-bond donors (Lipinski definition) is 1. The lowest BCUT2D eigenvalue weighted by Crippen LogP contribution is -2.27. The highest BCUT2D eigenvalue weighted by molar-refractivity contribution is 7.98. The highest BCUT2D eigenvalue weighted by Gasteiger charge is 2.31. The number of likely N-dealkylation sites (N-methyl/N-ethyl adjacent to an activating group) is 1. The van der Waals surface area contributed by atoms with E-state index in [1.54, 1.807) is 6.07 Å². The zero-order valence-corrected chi connectivity index (χ0v) is 12.7. The Bertz CT molecular complexity index is 604. The van der Waals surface area contributed by atoms with E-state index in [2.05, 4.69) is 15.5 Å². The van der Waals surface area contributed by atoms with Crippen molar-refractivity contribution in [2.45, 2.75) is 41.9 Å². The van der Waals surface area contributed by atoms with Gasteiger partial charge in [0.1, 0.15) is 5.82 Å². The Morgan fingerprint density at radius 3 is 3.14 bits per heavy atom. The van der Waals surface area contributed by atoms with E-state index >= 15 is 0 Å². The second-order valence-corrected chi connectivity index (χ2v) is 6.28. The molecule has 2 atom stereocenters. The van der Waals surface area contributed by atoms with Gasteiger partial charge in [-0.2, -0.15) is 4.98 Å². The molecule has 0 bridgehead atoms. The van der Waals surface area contributed by atoms with Crippen molar-refractivity contribution in [1.82, 2.24) is 15.5 Å². The molecule has 1 aliphatic rings. The lowest BCUT2D eigenvalue weighted by Gasteiger charge is -2.14. The van der Waals surface area contributed by atoms with Crippen molar-refractivity contribution in [3.05, 3.63) is 41.8 Å². The molecular weight excluding hydrogens is 289 g/mol. The number of nitrogens with one attached hydrogen (secondary N) is 1. The number of rotatable bonds is 5. The van der Waals surface area contributed by atoms with Crippen LogP contribution in [-0.4, -0.2) is 23.2 Å². The third-order valence-electron chi connectivity index (χ3n) is 3.85. The molecule has 21 heavy (non-hydrogen) atoms. The Hall–Kier alpha value is -1.40. The summed E-state index contributed by atoms with van der Waals surface area (Å²) in [5.41, 5.74) is 0.